The second-order valence-corrected chi connectivity index (χ2v) is 8.21. The molecule has 1 unspecified atom stereocenters. The normalized spacial score (nSPS) is 21.6. The molecule has 0 spiro atoms. The van der Waals surface area contributed by atoms with E-state index in [1.165, 1.54) is 24.0 Å². The van der Waals surface area contributed by atoms with E-state index in [1.54, 1.807) is 10.8 Å². The van der Waals surface area contributed by atoms with E-state index in [0.717, 1.165) is 4.78 Å². The van der Waals surface area contributed by atoms with Crippen molar-refractivity contribution in [2.45, 2.75) is 42.5 Å². The molecule has 1 fully saturated rings. The summed E-state index contributed by atoms with van der Waals surface area (Å²) in [6.07, 6.45) is 2.93. The number of benzene rings is 1. The van der Waals surface area contributed by atoms with Crippen molar-refractivity contribution in [1.29, 1.82) is 0 Å². The molecule has 0 N–H and O–H groups in total. The summed E-state index contributed by atoms with van der Waals surface area (Å²) in [6, 6.07) is 7.00. The van der Waals surface area contributed by atoms with Crippen molar-refractivity contribution in [3.05, 3.63) is 34.9 Å². The van der Waals surface area contributed by atoms with E-state index in [4.69, 9.17) is 0 Å². The Kier molecular flexibility index (Phi) is 3.00. The highest BCUT2D eigenvalue weighted by Gasteiger charge is 2.30. The molecule has 1 heteroatoms. The van der Waals surface area contributed by atoms with Gasteiger partial charge in [0, 0.05) is 0 Å². The van der Waals surface area contributed by atoms with Crippen molar-refractivity contribution in [2.24, 2.45) is 0 Å². The second kappa shape index (κ2) is 4.09. The molecule has 1 saturated heterocycles. The van der Waals surface area contributed by atoms with Crippen LogP contribution in [0.15, 0.2) is 18.2 Å². The summed E-state index contributed by atoms with van der Waals surface area (Å²) in [7, 11) is 0. The summed E-state index contributed by atoms with van der Waals surface area (Å²) in [5.74, 6) is 2.54. The highest BCUT2D eigenvalue weighted by Crippen LogP contribution is 2.35. The first-order valence-corrected chi connectivity index (χ1v) is 8.39. The van der Waals surface area contributed by atoms with Crippen LogP contribution in [-0.4, -0.2) is 14.1 Å². The van der Waals surface area contributed by atoms with Crippen LogP contribution >= 0.6 is 0 Å². The Labute approximate surface area is 91.7 Å². The van der Waals surface area contributed by atoms with Gasteiger partial charge in [-0.05, 0) is 19.4 Å². The Hall–Kier alpha value is -0.248. The minimum Gasteiger partial charge on any atom is -0.105 e. The molecule has 0 bridgehead atoms. The predicted molar refractivity (Wildman–Crippen MR) is 64.3 cm³/mol. The fourth-order valence-electron chi connectivity index (χ4n) is 2.85. The van der Waals surface area contributed by atoms with Crippen LogP contribution in [0.3, 0.4) is 0 Å². The molecule has 14 heavy (non-hydrogen) atoms. The molecule has 2 rings (SSSR count). The zero-order chi connectivity index (χ0) is 10.1. The Morgan fingerprint density at radius 3 is 2.64 bits per heavy atom. The highest BCUT2D eigenvalue weighted by atomic mass is 27.2. The summed E-state index contributed by atoms with van der Waals surface area (Å²) in [5.41, 5.74) is 4.59. The van der Waals surface area contributed by atoms with E-state index in [1.807, 2.05) is 0 Å². The van der Waals surface area contributed by atoms with Crippen LogP contribution in [0.1, 0.15) is 34.3 Å². The lowest BCUT2D eigenvalue weighted by molar-refractivity contribution is 0.815. The summed E-state index contributed by atoms with van der Waals surface area (Å²) in [4.78, 5) is 0. The molecule has 1 aromatic rings. The lowest BCUT2D eigenvalue weighted by Gasteiger charge is -2.16. The molecule has 1 aliphatic heterocycles. The topological polar surface area (TPSA) is 0 Å². The SMILES string of the molecule is Cc1ccc([CH]2CC[CH2][Al]2[CH3])c(C)c1. The molecule has 0 aromatic heterocycles. The number of rotatable bonds is 1. The fourth-order valence-corrected chi connectivity index (χ4v) is 5.92. The van der Waals surface area contributed by atoms with Crippen LogP contribution in [0.4, 0.5) is 0 Å². The van der Waals surface area contributed by atoms with Crippen LogP contribution in [-0.2, 0) is 0 Å². The quantitative estimate of drug-likeness (QED) is 0.607. The third-order valence-corrected chi connectivity index (χ3v) is 7.07. The van der Waals surface area contributed by atoms with Crippen molar-refractivity contribution in [2.75, 3.05) is 0 Å². The van der Waals surface area contributed by atoms with E-state index in [2.05, 4.69) is 37.8 Å². The van der Waals surface area contributed by atoms with Gasteiger partial charge in [0.1, 0.15) is 0 Å². The molecule has 1 aliphatic rings. The first kappa shape index (κ1) is 10.3. The zero-order valence-corrected chi connectivity index (χ0v) is 10.7. The largest absolute Gasteiger partial charge is 0.268 e. The minimum absolute atomic E-state index is 0.435. The van der Waals surface area contributed by atoms with E-state index in [9.17, 15) is 0 Å². The van der Waals surface area contributed by atoms with E-state index >= 15 is 0 Å². The molecule has 1 heterocycles. The van der Waals surface area contributed by atoms with Crippen LogP contribution in [0.25, 0.3) is 0 Å². The van der Waals surface area contributed by atoms with Crippen molar-refractivity contribution in [3.8, 4) is 0 Å². The summed E-state index contributed by atoms with van der Waals surface area (Å²) >= 11 is -0.435. The molecule has 0 nitrogen and oxygen atoms in total. The second-order valence-electron chi connectivity index (χ2n) is 4.87. The average molecular weight is 202 g/mol. The van der Waals surface area contributed by atoms with Gasteiger partial charge in [0.05, 0.1) is 0 Å². The first-order valence-electron chi connectivity index (χ1n) is 5.75. The minimum atomic E-state index is -0.435. The molecule has 1 aromatic carbocycles. The van der Waals surface area contributed by atoms with Crippen LogP contribution in [0.2, 0.25) is 11.1 Å². The van der Waals surface area contributed by atoms with Crippen molar-refractivity contribution >= 4 is 14.1 Å². The van der Waals surface area contributed by atoms with Crippen LogP contribution in [0, 0.1) is 13.8 Å². The maximum absolute atomic E-state index is 2.54. The Balaban J connectivity index is 2.31. The van der Waals surface area contributed by atoms with Gasteiger partial charge in [-0.3, -0.25) is 0 Å². The van der Waals surface area contributed by atoms with Gasteiger partial charge in [-0.1, -0.05) is 52.2 Å². The van der Waals surface area contributed by atoms with E-state index in [-0.39, 0.29) is 0 Å². The Bertz CT molecular complexity index is 330. The molecule has 1 atom stereocenters. The molecule has 0 amide bonds. The molecular formula is C13H19Al. The summed E-state index contributed by atoms with van der Waals surface area (Å²) < 4.78 is 0.968. The van der Waals surface area contributed by atoms with E-state index < -0.39 is 14.1 Å². The van der Waals surface area contributed by atoms with Gasteiger partial charge in [-0.25, -0.2) is 0 Å². The third-order valence-electron chi connectivity index (χ3n) is 3.69. The number of aryl methyl sites for hydroxylation is 2. The van der Waals surface area contributed by atoms with Gasteiger partial charge in [0.15, 0.2) is 0 Å². The van der Waals surface area contributed by atoms with Crippen molar-refractivity contribution in [1.82, 2.24) is 0 Å². The van der Waals surface area contributed by atoms with Gasteiger partial charge in [-0.2, -0.15) is 0 Å². The predicted octanol–water partition coefficient (Wildman–Crippen LogP) is 3.84. The van der Waals surface area contributed by atoms with Gasteiger partial charge >= 0.3 is 0 Å². The Morgan fingerprint density at radius 1 is 1.29 bits per heavy atom. The number of hydrogen-bond donors (Lipinski definition) is 0. The molecular weight excluding hydrogens is 183 g/mol. The zero-order valence-electron chi connectivity index (χ0n) is 9.51. The highest BCUT2D eigenvalue weighted by molar-refractivity contribution is 6.59. The molecule has 0 saturated carbocycles. The first-order chi connectivity index (χ1) is 6.68. The van der Waals surface area contributed by atoms with Crippen molar-refractivity contribution < 1.29 is 0 Å². The van der Waals surface area contributed by atoms with Crippen LogP contribution < -0.4 is 0 Å². The molecule has 0 radical (unpaired) electrons. The molecule has 74 valence electrons. The fraction of sp³-hybridized carbons (Fsp3) is 0.538. The number of hydrogen-bond acceptors (Lipinski definition) is 0. The summed E-state index contributed by atoms with van der Waals surface area (Å²) in [5, 5.41) is 1.55. The Morgan fingerprint density at radius 2 is 2.07 bits per heavy atom. The van der Waals surface area contributed by atoms with Gasteiger partial charge in [-0.15, -0.1) is 5.79 Å². The van der Waals surface area contributed by atoms with E-state index in [0.29, 0.717) is 0 Å². The average Bonchev–Trinajstić information content (AvgIpc) is 2.52. The van der Waals surface area contributed by atoms with Gasteiger partial charge < -0.3 is 0 Å². The summed E-state index contributed by atoms with van der Waals surface area (Å²) in [6.45, 7) is 4.47. The lowest BCUT2D eigenvalue weighted by Crippen LogP contribution is -2.13. The lowest BCUT2D eigenvalue weighted by atomic mass is 10.0. The maximum atomic E-state index is 2.54. The standard InChI is InChI=1S/C12H16.CH3.Al/c1-4-5-6-12-8-7-10(2)9-11(12)3;;/h6-9H,1,4-5H2,2-3H3;1H3;. The van der Waals surface area contributed by atoms with Gasteiger partial charge in [0.25, 0.3) is 14.1 Å². The smallest absolute Gasteiger partial charge is 0.105 e. The van der Waals surface area contributed by atoms with Crippen LogP contribution in [0.5, 0.6) is 0 Å². The van der Waals surface area contributed by atoms with Crippen molar-refractivity contribution in [3.63, 3.8) is 0 Å². The monoisotopic (exact) mass is 202 g/mol. The maximum Gasteiger partial charge on any atom is 0.268 e. The molecule has 0 aliphatic carbocycles. The third kappa shape index (κ3) is 1.90. The van der Waals surface area contributed by atoms with Gasteiger partial charge in [0.2, 0.25) is 0 Å².